The van der Waals surface area contributed by atoms with E-state index in [4.69, 9.17) is 0 Å². The Morgan fingerprint density at radius 3 is 2.41 bits per heavy atom. The van der Waals surface area contributed by atoms with Crippen molar-refractivity contribution in [3.63, 3.8) is 0 Å². The van der Waals surface area contributed by atoms with Gasteiger partial charge in [-0.05, 0) is 68.1 Å². The molecule has 2 aromatic carbocycles. The summed E-state index contributed by atoms with van der Waals surface area (Å²) in [7, 11) is 0. The summed E-state index contributed by atoms with van der Waals surface area (Å²) in [6, 6.07) is 14.0. The summed E-state index contributed by atoms with van der Waals surface area (Å²) in [4.78, 5) is 15.1. The Hall–Kier alpha value is -3.02. The van der Waals surface area contributed by atoms with Crippen LogP contribution in [-0.4, -0.2) is 37.7 Å². The van der Waals surface area contributed by atoms with Crippen LogP contribution < -0.4 is 0 Å². The largest absolute Gasteiger partial charge is 0.333 e. The Balaban J connectivity index is 1.54. The summed E-state index contributed by atoms with van der Waals surface area (Å²) < 4.78 is 15.0. The van der Waals surface area contributed by atoms with Crippen LogP contribution in [0.5, 0.6) is 0 Å². The van der Waals surface area contributed by atoms with Crippen molar-refractivity contribution in [1.29, 1.82) is 0 Å². The lowest BCUT2D eigenvalue weighted by Gasteiger charge is -2.35. The van der Waals surface area contributed by atoms with Gasteiger partial charge in [0.1, 0.15) is 18.5 Å². The first kappa shape index (κ1) is 17.4. The Labute approximate surface area is 157 Å². The number of carbonyl (C=O) groups excluding carboxylic acids is 1. The van der Waals surface area contributed by atoms with Crippen molar-refractivity contribution in [2.24, 2.45) is 0 Å². The molecule has 0 aliphatic carbocycles. The van der Waals surface area contributed by atoms with Gasteiger partial charge in [0.05, 0.1) is 0 Å². The molecule has 1 fully saturated rings. The number of carbonyl (C=O) groups is 1. The maximum absolute atomic E-state index is 13.2. The average Bonchev–Trinajstić information content (AvgIpc) is 3.33. The van der Waals surface area contributed by atoms with Crippen molar-refractivity contribution in [2.45, 2.75) is 31.7 Å². The SMILES string of the molecule is CC1(Cc2ccc(F)cc2)CCCN1C(=O)c1ccc(-n2cnnc2)cc1. The second kappa shape index (κ2) is 6.95. The predicted octanol–water partition coefficient (Wildman–Crippen LogP) is 3.64. The van der Waals surface area contributed by atoms with Crippen molar-refractivity contribution in [3.05, 3.63) is 78.1 Å². The van der Waals surface area contributed by atoms with Gasteiger partial charge in [0.2, 0.25) is 0 Å². The first-order valence-electron chi connectivity index (χ1n) is 9.07. The van der Waals surface area contributed by atoms with E-state index < -0.39 is 0 Å². The molecule has 1 saturated heterocycles. The lowest BCUT2D eigenvalue weighted by atomic mass is 9.89. The van der Waals surface area contributed by atoms with E-state index in [1.54, 1.807) is 29.4 Å². The third-order valence-electron chi connectivity index (χ3n) is 5.32. The molecular weight excluding hydrogens is 343 g/mol. The van der Waals surface area contributed by atoms with Crippen LogP contribution in [0.3, 0.4) is 0 Å². The molecule has 27 heavy (non-hydrogen) atoms. The molecular formula is C21H21FN4O. The van der Waals surface area contributed by atoms with Crippen LogP contribution in [0.4, 0.5) is 4.39 Å². The molecule has 1 aromatic heterocycles. The van der Waals surface area contributed by atoms with E-state index in [2.05, 4.69) is 17.1 Å². The first-order chi connectivity index (χ1) is 13.0. The minimum Gasteiger partial charge on any atom is -0.333 e. The molecule has 1 atom stereocenters. The number of rotatable bonds is 4. The van der Waals surface area contributed by atoms with Gasteiger partial charge in [-0.25, -0.2) is 4.39 Å². The standard InChI is InChI=1S/C21H21FN4O/c1-21(13-16-3-7-18(22)8-4-16)11-2-12-26(21)20(27)17-5-9-19(10-6-17)25-14-23-24-15-25/h3-10,14-15H,2,11-13H2,1H3. The van der Waals surface area contributed by atoms with Crippen LogP contribution in [0.15, 0.2) is 61.2 Å². The van der Waals surface area contributed by atoms with Crippen molar-refractivity contribution in [1.82, 2.24) is 19.7 Å². The van der Waals surface area contributed by atoms with Gasteiger partial charge in [-0.3, -0.25) is 9.36 Å². The molecule has 0 bridgehead atoms. The number of nitrogens with zero attached hydrogens (tertiary/aromatic N) is 4. The number of benzene rings is 2. The molecule has 138 valence electrons. The van der Waals surface area contributed by atoms with E-state index in [9.17, 15) is 9.18 Å². The Bertz CT molecular complexity index is 922. The highest BCUT2D eigenvalue weighted by Crippen LogP contribution is 2.33. The number of hydrogen-bond donors (Lipinski definition) is 0. The Morgan fingerprint density at radius 2 is 1.74 bits per heavy atom. The van der Waals surface area contributed by atoms with Crippen LogP contribution >= 0.6 is 0 Å². The van der Waals surface area contributed by atoms with Gasteiger partial charge in [-0.1, -0.05) is 12.1 Å². The third-order valence-corrected chi connectivity index (χ3v) is 5.32. The quantitative estimate of drug-likeness (QED) is 0.710. The summed E-state index contributed by atoms with van der Waals surface area (Å²) >= 11 is 0. The highest BCUT2D eigenvalue weighted by molar-refractivity contribution is 5.95. The van der Waals surface area contributed by atoms with Crippen LogP contribution in [0.1, 0.15) is 35.7 Å². The van der Waals surface area contributed by atoms with Crippen molar-refractivity contribution >= 4 is 5.91 Å². The maximum Gasteiger partial charge on any atom is 0.254 e. The fraction of sp³-hybridized carbons (Fsp3) is 0.286. The smallest absolute Gasteiger partial charge is 0.254 e. The predicted molar refractivity (Wildman–Crippen MR) is 100 cm³/mol. The minimum atomic E-state index is -0.262. The molecule has 3 aromatic rings. The van der Waals surface area contributed by atoms with Crippen LogP contribution in [0.2, 0.25) is 0 Å². The second-order valence-corrected chi connectivity index (χ2v) is 7.28. The molecule has 0 N–H and O–H groups in total. The van der Waals surface area contributed by atoms with Gasteiger partial charge in [-0.15, -0.1) is 10.2 Å². The Morgan fingerprint density at radius 1 is 1.07 bits per heavy atom. The molecule has 2 heterocycles. The van der Waals surface area contributed by atoms with E-state index in [1.807, 2.05) is 29.2 Å². The van der Waals surface area contributed by atoms with Crippen LogP contribution in [0, 0.1) is 5.82 Å². The number of aromatic nitrogens is 3. The molecule has 0 spiro atoms. The average molecular weight is 364 g/mol. The highest BCUT2D eigenvalue weighted by Gasteiger charge is 2.39. The van der Waals surface area contributed by atoms with E-state index in [1.165, 1.54) is 12.1 Å². The molecule has 1 unspecified atom stereocenters. The fourth-order valence-electron chi connectivity index (χ4n) is 3.86. The maximum atomic E-state index is 13.2. The molecule has 0 saturated carbocycles. The fourth-order valence-corrected chi connectivity index (χ4v) is 3.86. The summed E-state index contributed by atoms with van der Waals surface area (Å²) in [6.07, 6.45) is 5.88. The summed E-state index contributed by atoms with van der Waals surface area (Å²) in [5.41, 5.74) is 2.36. The van der Waals surface area contributed by atoms with E-state index in [0.29, 0.717) is 5.56 Å². The van der Waals surface area contributed by atoms with E-state index in [-0.39, 0.29) is 17.3 Å². The lowest BCUT2D eigenvalue weighted by molar-refractivity contribution is 0.0624. The normalized spacial score (nSPS) is 19.4. The molecule has 1 aliphatic heterocycles. The van der Waals surface area contributed by atoms with Gasteiger partial charge in [0.15, 0.2) is 0 Å². The molecule has 1 amide bonds. The summed E-state index contributed by atoms with van der Waals surface area (Å²) in [6.45, 7) is 2.86. The molecule has 0 radical (unpaired) electrons. The zero-order valence-corrected chi connectivity index (χ0v) is 15.2. The van der Waals surface area contributed by atoms with E-state index >= 15 is 0 Å². The second-order valence-electron chi connectivity index (χ2n) is 7.28. The molecule has 1 aliphatic rings. The number of likely N-dealkylation sites (tertiary alicyclic amines) is 1. The Kier molecular flexibility index (Phi) is 4.48. The number of hydrogen-bond acceptors (Lipinski definition) is 3. The minimum absolute atomic E-state index is 0.0346. The summed E-state index contributed by atoms with van der Waals surface area (Å²) in [5, 5.41) is 7.60. The molecule has 4 rings (SSSR count). The first-order valence-corrected chi connectivity index (χ1v) is 9.07. The lowest BCUT2D eigenvalue weighted by Crippen LogP contribution is -2.46. The molecule has 5 nitrogen and oxygen atoms in total. The molecule has 6 heteroatoms. The van der Waals surface area contributed by atoms with Gasteiger partial charge in [-0.2, -0.15) is 0 Å². The van der Waals surface area contributed by atoms with Gasteiger partial charge >= 0.3 is 0 Å². The van der Waals surface area contributed by atoms with Crippen molar-refractivity contribution < 1.29 is 9.18 Å². The van der Waals surface area contributed by atoms with Gasteiger partial charge < -0.3 is 4.90 Å². The van der Waals surface area contributed by atoms with Gasteiger partial charge in [0, 0.05) is 23.3 Å². The van der Waals surface area contributed by atoms with Crippen LogP contribution in [0.25, 0.3) is 5.69 Å². The van der Waals surface area contributed by atoms with Crippen molar-refractivity contribution in [3.8, 4) is 5.69 Å². The third kappa shape index (κ3) is 3.47. The zero-order valence-electron chi connectivity index (χ0n) is 15.2. The summed E-state index contributed by atoms with van der Waals surface area (Å²) in [5.74, 6) is -0.205. The highest BCUT2D eigenvalue weighted by atomic mass is 19.1. The van der Waals surface area contributed by atoms with Crippen LogP contribution in [-0.2, 0) is 6.42 Å². The topological polar surface area (TPSA) is 51.0 Å². The van der Waals surface area contributed by atoms with E-state index in [0.717, 1.165) is 37.1 Å². The zero-order chi connectivity index (χ0) is 18.9. The van der Waals surface area contributed by atoms with Gasteiger partial charge in [0.25, 0.3) is 5.91 Å². The van der Waals surface area contributed by atoms with Crippen molar-refractivity contribution in [2.75, 3.05) is 6.54 Å². The monoisotopic (exact) mass is 364 g/mol. The number of halogens is 1. The number of amides is 1.